The summed E-state index contributed by atoms with van der Waals surface area (Å²) in [5.41, 5.74) is 0.760. The molecule has 2 aromatic heterocycles. The van der Waals surface area contributed by atoms with E-state index in [1.807, 2.05) is 14.1 Å². The third-order valence-corrected chi connectivity index (χ3v) is 4.17. The maximum absolute atomic E-state index is 12.8. The van der Waals surface area contributed by atoms with E-state index in [-0.39, 0.29) is 11.3 Å². The highest BCUT2D eigenvalue weighted by molar-refractivity contribution is 6.14. The van der Waals surface area contributed by atoms with E-state index in [2.05, 4.69) is 4.98 Å². The number of Topliss-reactive ketones (excluding diaryl/α,β-unsaturated/α-hetero) is 1. The van der Waals surface area contributed by atoms with E-state index in [0.29, 0.717) is 13.1 Å². The Morgan fingerprint density at radius 3 is 2.64 bits per heavy atom. The molecule has 1 amide bonds. The van der Waals surface area contributed by atoms with Gasteiger partial charge in [-0.25, -0.2) is 0 Å². The summed E-state index contributed by atoms with van der Waals surface area (Å²) in [6, 6.07) is 5.93. The highest BCUT2D eigenvalue weighted by Crippen LogP contribution is 2.38. The van der Waals surface area contributed by atoms with E-state index in [0.717, 1.165) is 10.5 Å². The summed E-state index contributed by atoms with van der Waals surface area (Å²) >= 11 is 0. The van der Waals surface area contributed by atoms with Crippen LogP contribution < -0.4 is 4.90 Å². The Balaban J connectivity index is 2.04. The smallest absolute Gasteiger partial charge is 0.290 e. The fourth-order valence-corrected chi connectivity index (χ4v) is 2.89. The third-order valence-electron chi connectivity index (χ3n) is 4.17. The predicted molar refractivity (Wildman–Crippen MR) is 89.1 cm³/mol. The first kappa shape index (κ1) is 16.9. The van der Waals surface area contributed by atoms with Crippen molar-refractivity contribution in [2.45, 2.75) is 6.04 Å². The zero-order valence-electron chi connectivity index (χ0n) is 14.1. The second-order valence-electron chi connectivity index (χ2n) is 6.21. The maximum Gasteiger partial charge on any atom is 0.290 e. The number of carbonyl (C=O) groups is 2. The number of aliphatic hydroxyl groups excluding tert-OH is 1. The molecule has 0 saturated carbocycles. The van der Waals surface area contributed by atoms with Crippen molar-refractivity contribution in [3.8, 4) is 0 Å². The zero-order valence-corrected chi connectivity index (χ0v) is 14.1. The molecule has 25 heavy (non-hydrogen) atoms. The first-order valence-corrected chi connectivity index (χ1v) is 8.02. The van der Waals surface area contributed by atoms with Crippen molar-refractivity contribution in [3.63, 3.8) is 0 Å². The molecule has 0 spiro atoms. The van der Waals surface area contributed by atoms with Crippen molar-refractivity contribution in [1.29, 1.82) is 0 Å². The quantitative estimate of drug-likeness (QED) is 0.742. The lowest BCUT2D eigenvalue weighted by Crippen LogP contribution is -3.06. The molecule has 1 atom stereocenters. The largest absolute Gasteiger partial charge is 0.503 e. The van der Waals surface area contributed by atoms with Gasteiger partial charge in [-0.15, -0.1) is 0 Å². The van der Waals surface area contributed by atoms with Gasteiger partial charge in [-0.3, -0.25) is 14.6 Å². The number of pyridine rings is 1. The Labute approximate surface area is 145 Å². The van der Waals surface area contributed by atoms with E-state index in [4.69, 9.17) is 4.42 Å². The summed E-state index contributed by atoms with van der Waals surface area (Å²) in [5.74, 6) is -1.46. The van der Waals surface area contributed by atoms with Crippen LogP contribution >= 0.6 is 0 Å². The monoisotopic (exact) mass is 342 g/mol. The van der Waals surface area contributed by atoms with Gasteiger partial charge in [-0.05, 0) is 29.8 Å². The first-order chi connectivity index (χ1) is 12.0. The number of nitrogens with zero attached hydrogens (tertiary/aromatic N) is 2. The Bertz CT molecular complexity index is 797. The van der Waals surface area contributed by atoms with Crippen molar-refractivity contribution in [2.24, 2.45) is 0 Å². The van der Waals surface area contributed by atoms with E-state index in [9.17, 15) is 14.7 Å². The van der Waals surface area contributed by atoms with Crippen LogP contribution in [0.2, 0.25) is 0 Å². The molecule has 2 aromatic rings. The molecule has 3 rings (SSSR count). The fraction of sp³-hybridized carbons (Fsp3) is 0.278. The number of furan rings is 1. The molecule has 3 heterocycles. The molecule has 1 aliphatic heterocycles. The number of carbonyl (C=O) groups excluding carboxylic acids is 2. The molecule has 0 bridgehead atoms. The number of likely N-dealkylation sites (N-methyl/N-ethyl adjacent to an activating group) is 1. The lowest BCUT2D eigenvalue weighted by molar-refractivity contribution is -0.857. The average molecular weight is 342 g/mol. The van der Waals surface area contributed by atoms with Crippen LogP contribution in [0.25, 0.3) is 0 Å². The van der Waals surface area contributed by atoms with Gasteiger partial charge in [0.05, 0.1) is 45.1 Å². The second kappa shape index (κ2) is 6.90. The minimum atomic E-state index is -0.660. The summed E-state index contributed by atoms with van der Waals surface area (Å²) in [6.45, 7) is 1.09. The molecule has 0 fully saturated rings. The number of ketones is 1. The molecule has 1 unspecified atom stereocenters. The molecule has 7 heteroatoms. The average Bonchev–Trinajstić information content (AvgIpc) is 3.22. The van der Waals surface area contributed by atoms with Crippen molar-refractivity contribution in [2.75, 3.05) is 27.2 Å². The van der Waals surface area contributed by atoms with Gasteiger partial charge >= 0.3 is 0 Å². The highest BCUT2D eigenvalue weighted by Gasteiger charge is 2.44. The number of aromatic nitrogens is 1. The topological polar surface area (TPSA) is 88.1 Å². The van der Waals surface area contributed by atoms with Crippen LogP contribution in [0.4, 0.5) is 0 Å². The predicted octanol–water partition coefficient (Wildman–Crippen LogP) is 0.397. The van der Waals surface area contributed by atoms with Crippen LogP contribution in [0.15, 0.2) is 58.7 Å². The van der Waals surface area contributed by atoms with Gasteiger partial charge in [-0.1, -0.05) is 0 Å². The molecular formula is C18H20N3O4+. The number of rotatable bonds is 6. The van der Waals surface area contributed by atoms with E-state index in [1.54, 1.807) is 30.6 Å². The molecule has 0 aromatic carbocycles. The van der Waals surface area contributed by atoms with Crippen molar-refractivity contribution < 1.29 is 24.0 Å². The molecule has 0 radical (unpaired) electrons. The number of nitrogens with one attached hydrogen (secondary N) is 1. The number of aliphatic hydroxyl groups is 1. The Kier molecular flexibility index (Phi) is 4.67. The number of amides is 1. The molecule has 0 saturated heterocycles. The molecule has 1 aliphatic rings. The van der Waals surface area contributed by atoms with E-state index >= 15 is 0 Å². The number of hydrogen-bond donors (Lipinski definition) is 2. The maximum atomic E-state index is 12.8. The SMILES string of the molecule is C[NH+](C)CCN1C(=O)C(O)=C(C(=O)c2ccco2)C1c1ccncc1. The second-order valence-corrected chi connectivity index (χ2v) is 6.21. The molecule has 7 nitrogen and oxygen atoms in total. The number of hydrogen-bond acceptors (Lipinski definition) is 5. The van der Waals surface area contributed by atoms with E-state index < -0.39 is 23.5 Å². The van der Waals surface area contributed by atoms with Gasteiger partial charge in [0.1, 0.15) is 0 Å². The highest BCUT2D eigenvalue weighted by atomic mass is 16.3. The summed E-state index contributed by atoms with van der Waals surface area (Å²) < 4.78 is 5.17. The van der Waals surface area contributed by atoms with Crippen LogP contribution in [0.1, 0.15) is 22.2 Å². The van der Waals surface area contributed by atoms with Gasteiger partial charge in [0.15, 0.2) is 11.5 Å². The van der Waals surface area contributed by atoms with Crippen molar-refractivity contribution in [3.05, 3.63) is 65.6 Å². The van der Waals surface area contributed by atoms with Crippen LogP contribution in [0.5, 0.6) is 0 Å². The van der Waals surface area contributed by atoms with Crippen molar-refractivity contribution in [1.82, 2.24) is 9.88 Å². The van der Waals surface area contributed by atoms with Gasteiger partial charge in [0, 0.05) is 12.4 Å². The zero-order chi connectivity index (χ0) is 18.0. The summed E-state index contributed by atoms with van der Waals surface area (Å²) in [7, 11) is 3.95. The Morgan fingerprint density at radius 2 is 2.04 bits per heavy atom. The van der Waals surface area contributed by atoms with Crippen LogP contribution in [-0.4, -0.2) is 53.9 Å². The first-order valence-electron chi connectivity index (χ1n) is 8.02. The normalized spacial score (nSPS) is 17.6. The Hall–Kier alpha value is -2.93. The third kappa shape index (κ3) is 3.18. The summed E-state index contributed by atoms with van der Waals surface area (Å²) in [6.07, 6.45) is 4.58. The summed E-state index contributed by atoms with van der Waals surface area (Å²) in [5, 5.41) is 10.4. The lowest BCUT2D eigenvalue weighted by atomic mass is 9.96. The van der Waals surface area contributed by atoms with Gasteiger partial charge in [0.25, 0.3) is 5.91 Å². The van der Waals surface area contributed by atoms with Gasteiger partial charge in [-0.2, -0.15) is 0 Å². The summed E-state index contributed by atoms with van der Waals surface area (Å²) in [4.78, 5) is 32.1. The van der Waals surface area contributed by atoms with Crippen molar-refractivity contribution >= 4 is 11.7 Å². The van der Waals surface area contributed by atoms with Crippen LogP contribution in [-0.2, 0) is 4.79 Å². The van der Waals surface area contributed by atoms with Crippen LogP contribution in [0.3, 0.4) is 0 Å². The molecule has 2 N–H and O–H groups in total. The van der Waals surface area contributed by atoms with Gasteiger partial charge in [0.2, 0.25) is 5.78 Å². The Morgan fingerprint density at radius 1 is 1.32 bits per heavy atom. The van der Waals surface area contributed by atoms with E-state index in [1.165, 1.54) is 17.2 Å². The van der Waals surface area contributed by atoms with Gasteiger partial charge < -0.3 is 19.3 Å². The molecule has 0 aliphatic carbocycles. The fourth-order valence-electron chi connectivity index (χ4n) is 2.89. The minimum absolute atomic E-state index is 0.0416. The minimum Gasteiger partial charge on any atom is -0.503 e. The van der Waals surface area contributed by atoms with Crippen LogP contribution in [0, 0.1) is 0 Å². The molecular weight excluding hydrogens is 322 g/mol. The number of quaternary nitrogens is 1. The standard InChI is InChI=1S/C18H19N3O4/c1-20(2)9-10-21-15(12-5-7-19-8-6-12)14(17(23)18(21)24)16(22)13-4-3-11-25-13/h3-8,11,15,23H,9-10H2,1-2H3/p+1. The lowest BCUT2D eigenvalue weighted by Gasteiger charge is -2.26. The molecule has 130 valence electrons.